The van der Waals surface area contributed by atoms with E-state index in [9.17, 15) is 9.59 Å². The van der Waals surface area contributed by atoms with Crippen molar-refractivity contribution in [1.82, 2.24) is 9.88 Å². The van der Waals surface area contributed by atoms with Gasteiger partial charge in [-0.3, -0.25) is 4.79 Å². The number of carboxylic acids is 1. The number of thiazole rings is 1. The lowest BCUT2D eigenvalue weighted by molar-refractivity contribution is -0.128. The summed E-state index contributed by atoms with van der Waals surface area (Å²) in [5, 5.41) is 19.3. The second-order valence-electron chi connectivity index (χ2n) is 6.11. The number of likely N-dealkylation sites (tertiary alicyclic amines) is 1. The topological polar surface area (TPSA) is 120 Å². The molecule has 1 aromatic carbocycles. The van der Waals surface area contributed by atoms with Gasteiger partial charge in [-0.15, -0.1) is 11.3 Å². The Morgan fingerprint density at radius 2 is 2.22 bits per heavy atom. The van der Waals surface area contributed by atoms with Crippen LogP contribution in [0.15, 0.2) is 34.0 Å². The third-order valence-corrected chi connectivity index (χ3v) is 6.48. The fourth-order valence-corrected chi connectivity index (χ4v) is 4.88. The summed E-state index contributed by atoms with van der Waals surface area (Å²) in [4.78, 5) is 29.0. The van der Waals surface area contributed by atoms with E-state index in [1.165, 1.54) is 28.5 Å². The zero-order valence-corrected chi connectivity index (χ0v) is 16.0. The quantitative estimate of drug-likeness (QED) is 0.683. The summed E-state index contributed by atoms with van der Waals surface area (Å²) in [7, 11) is 0. The third kappa shape index (κ3) is 4.47. The van der Waals surface area contributed by atoms with Crippen molar-refractivity contribution in [2.24, 2.45) is 5.73 Å². The number of hydrogen-bond acceptors (Lipinski definition) is 7. The molecule has 27 heavy (non-hydrogen) atoms. The summed E-state index contributed by atoms with van der Waals surface area (Å²) in [6, 6.07) is 8.81. The Morgan fingerprint density at radius 1 is 1.48 bits per heavy atom. The van der Waals surface area contributed by atoms with E-state index >= 15 is 0 Å². The molecule has 1 aromatic heterocycles. The van der Waals surface area contributed by atoms with Crippen LogP contribution in [-0.2, 0) is 4.79 Å². The largest absolute Gasteiger partial charge is 0.476 e. The highest BCUT2D eigenvalue weighted by Gasteiger charge is 2.35. The first kappa shape index (κ1) is 19.4. The monoisotopic (exact) mass is 402 g/mol. The summed E-state index contributed by atoms with van der Waals surface area (Å²) >= 11 is 2.72. The Hall–Kier alpha value is -2.41. The summed E-state index contributed by atoms with van der Waals surface area (Å²) < 4.78 is 0.673. The van der Waals surface area contributed by atoms with Crippen molar-refractivity contribution in [1.29, 1.82) is 5.26 Å². The van der Waals surface area contributed by atoms with E-state index in [2.05, 4.69) is 11.1 Å². The van der Waals surface area contributed by atoms with Crippen LogP contribution in [0.3, 0.4) is 0 Å². The molecular formula is C18H18N4O3S2. The van der Waals surface area contributed by atoms with Gasteiger partial charge in [0.05, 0.1) is 23.7 Å². The molecule has 0 radical (unpaired) electrons. The van der Waals surface area contributed by atoms with Gasteiger partial charge < -0.3 is 15.7 Å². The molecule has 140 valence electrons. The fourth-order valence-electron chi connectivity index (χ4n) is 3.07. The number of nitrogens with two attached hydrogens (primary N) is 1. The Bertz CT molecular complexity index is 875. The Morgan fingerprint density at radius 3 is 2.85 bits per heavy atom. The van der Waals surface area contributed by atoms with Crippen molar-refractivity contribution in [2.75, 3.05) is 12.3 Å². The molecule has 0 spiro atoms. The fraction of sp³-hybridized carbons (Fsp3) is 0.333. The van der Waals surface area contributed by atoms with Gasteiger partial charge in [-0.2, -0.15) is 5.26 Å². The van der Waals surface area contributed by atoms with Crippen LogP contribution in [0.2, 0.25) is 0 Å². The minimum absolute atomic E-state index is 0.0421. The summed E-state index contributed by atoms with van der Waals surface area (Å²) in [6.45, 7) is 0.528. The van der Waals surface area contributed by atoms with Gasteiger partial charge in [0.1, 0.15) is 0 Å². The number of aromatic nitrogens is 1. The smallest absolute Gasteiger partial charge is 0.355 e. The van der Waals surface area contributed by atoms with E-state index in [4.69, 9.17) is 16.1 Å². The minimum atomic E-state index is -1.04. The van der Waals surface area contributed by atoms with E-state index in [0.29, 0.717) is 35.0 Å². The average molecular weight is 403 g/mol. The van der Waals surface area contributed by atoms with E-state index in [1.807, 2.05) is 17.0 Å². The molecule has 1 amide bonds. The van der Waals surface area contributed by atoms with Crippen molar-refractivity contribution in [3.8, 4) is 6.07 Å². The summed E-state index contributed by atoms with van der Waals surface area (Å²) in [5.74, 6) is -0.342. The molecule has 1 unspecified atom stereocenters. The molecule has 0 bridgehead atoms. The molecule has 2 atom stereocenters. The average Bonchev–Trinajstić information content (AvgIpc) is 3.29. The standard InChI is InChI=1S/C18H18N4O3S2/c19-9-11-1-3-12(4-2-11)16(20)14-5-6-15(23)22(14)7-8-26-18-21-13(10-27-18)17(24)25/h1-4,10,14,16H,5-8,20H2,(H,24,25)/t14-,16?/m1/s1. The number of amides is 1. The van der Waals surface area contributed by atoms with Gasteiger partial charge in [-0.05, 0) is 24.1 Å². The molecule has 2 heterocycles. The molecule has 7 nitrogen and oxygen atoms in total. The predicted octanol–water partition coefficient (Wildman–Crippen LogP) is 2.50. The second-order valence-corrected chi connectivity index (χ2v) is 8.31. The molecule has 3 N–H and O–H groups in total. The number of hydrogen-bond donors (Lipinski definition) is 2. The zero-order valence-electron chi connectivity index (χ0n) is 14.4. The highest BCUT2D eigenvalue weighted by molar-refractivity contribution is 8.01. The van der Waals surface area contributed by atoms with Crippen molar-refractivity contribution in [3.63, 3.8) is 0 Å². The molecular weight excluding hydrogens is 384 g/mol. The number of rotatable bonds is 7. The van der Waals surface area contributed by atoms with Crippen LogP contribution in [0.5, 0.6) is 0 Å². The van der Waals surface area contributed by atoms with Gasteiger partial charge in [0.2, 0.25) is 5.91 Å². The van der Waals surface area contributed by atoms with Crippen LogP contribution in [0.1, 0.15) is 40.5 Å². The van der Waals surface area contributed by atoms with Crippen LogP contribution >= 0.6 is 23.1 Å². The maximum Gasteiger partial charge on any atom is 0.355 e. The number of carbonyl (C=O) groups is 2. The maximum atomic E-state index is 12.3. The number of carboxylic acid groups (broad SMARTS) is 1. The van der Waals surface area contributed by atoms with Crippen molar-refractivity contribution < 1.29 is 14.7 Å². The Balaban J connectivity index is 1.61. The molecule has 2 aromatic rings. The minimum Gasteiger partial charge on any atom is -0.476 e. The third-order valence-electron chi connectivity index (χ3n) is 4.47. The number of carbonyl (C=O) groups excluding carboxylic acids is 1. The molecule has 1 aliphatic rings. The highest BCUT2D eigenvalue weighted by Crippen LogP contribution is 2.30. The number of nitrogens with zero attached hydrogens (tertiary/aromatic N) is 3. The van der Waals surface area contributed by atoms with Crippen LogP contribution in [0.4, 0.5) is 0 Å². The van der Waals surface area contributed by atoms with Crippen LogP contribution < -0.4 is 5.73 Å². The number of nitriles is 1. The molecule has 1 fully saturated rings. The number of thioether (sulfide) groups is 1. The van der Waals surface area contributed by atoms with Crippen LogP contribution in [0.25, 0.3) is 0 Å². The SMILES string of the molecule is N#Cc1ccc(C(N)[C@H]2CCC(=O)N2CCSc2nc(C(=O)O)cs2)cc1. The van der Waals surface area contributed by atoms with Crippen molar-refractivity contribution in [3.05, 3.63) is 46.5 Å². The normalized spacial score (nSPS) is 17.7. The Kier molecular flexibility index (Phi) is 6.11. The van der Waals surface area contributed by atoms with Gasteiger partial charge in [0, 0.05) is 24.1 Å². The molecule has 1 saturated heterocycles. The van der Waals surface area contributed by atoms with Gasteiger partial charge in [-0.25, -0.2) is 9.78 Å². The van der Waals surface area contributed by atoms with E-state index in [-0.39, 0.29) is 23.7 Å². The second kappa shape index (κ2) is 8.52. The summed E-state index contributed by atoms with van der Waals surface area (Å²) in [5.41, 5.74) is 7.92. The predicted molar refractivity (Wildman–Crippen MR) is 103 cm³/mol. The lowest BCUT2D eigenvalue weighted by Gasteiger charge is -2.29. The van der Waals surface area contributed by atoms with Gasteiger partial charge in [0.25, 0.3) is 0 Å². The lowest BCUT2D eigenvalue weighted by Crippen LogP contribution is -2.41. The lowest BCUT2D eigenvalue weighted by atomic mass is 9.97. The molecule has 0 aliphatic carbocycles. The van der Waals surface area contributed by atoms with Crippen molar-refractivity contribution in [2.45, 2.75) is 29.3 Å². The summed E-state index contributed by atoms with van der Waals surface area (Å²) in [6.07, 6.45) is 1.17. The van der Waals surface area contributed by atoms with Crippen LogP contribution in [-0.4, -0.2) is 45.2 Å². The van der Waals surface area contributed by atoms with E-state index in [1.54, 1.807) is 12.1 Å². The molecule has 9 heteroatoms. The van der Waals surface area contributed by atoms with Gasteiger partial charge in [-0.1, -0.05) is 23.9 Å². The van der Waals surface area contributed by atoms with Gasteiger partial charge >= 0.3 is 5.97 Å². The first-order valence-electron chi connectivity index (χ1n) is 8.36. The number of benzene rings is 1. The molecule has 1 aliphatic heterocycles. The van der Waals surface area contributed by atoms with Crippen LogP contribution in [0, 0.1) is 11.3 Å². The first-order chi connectivity index (χ1) is 13.0. The number of aromatic carboxylic acids is 1. The first-order valence-corrected chi connectivity index (χ1v) is 10.2. The molecule has 0 saturated carbocycles. The molecule has 3 rings (SSSR count). The zero-order chi connectivity index (χ0) is 19.4. The maximum absolute atomic E-state index is 12.3. The van der Waals surface area contributed by atoms with E-state index in [0.717, 1.165) is 5.56 Å². The highest BCUT2D eigenvalue weighted by atomic mass is 32.2. The Labute approximate surface area is 164 Å². The van der Waals surface area contributed by atoms with Gasteiger partial charge in [0.15, 0.2) is 10.0 Å². The van der Waals surface area contributed by atoms with Crippen molar-refractivity contribution >= 4 is 35.0 Å². The van der Waals surface area contributed by atoms with E-state index < -0.39 is 5.97 Å².